The van der Waals surface area contributed by atoms with E-state index in [0.717, 1.165) is 41.2 Å². The van der Waals surface area contributed by atoms with Crippen LogP contribution < -0.4 is 15.4 Å². The molecule has 2 aliphatic rings. The molecule has 0 saturated carbocycles. The number of rotatable bonds is 6. The lowest BCUT2D eigenvalue weighted by Gasteiger charge is -2.42. The molecule has 7 nitrogen and oxygen atoms in total. The summed E-state index contributed by atoms with van der Waals surface area (Å²) in [5.74, 6) is 1.19. The number of hydrogen-bond acceptors (Lipinski definition) is 6. The van der Waals surface area contributed by atoms with Crippen LogP contribution >= 0.6 is 0 Å². The molecular formula is C30H27N5O2. The maximum absolute atomic E-state index is 14.0. The SMILES string of the molecule is CCNc1ccc2c(c1)Oc1cc(NCC)ccc1C21c2ccccc2C(=O)N1/N=C/c1ccccn1. The molecule has 2 aliphatic heterocycles. The minimum absolute atomic E-state index is 0.173. The number of amides is 1. The van der Waals surface area contributed by atoms with Crippen LogP contribution in [0, 0.1) is 0 Å². The van der Waals surface area contributed by atoms with E-state index >= 15 is 0 Å². The average Bonchev–Trinajstić information content (AvgIpc) is 3.17. The zero-order chi connectivity index (χ0) is 25.4. The molecule has 0 bridgehead atoms. The Labute approximate surface area is 215 Å². The highest BCUT2D eigenvalue weighted by Gasteiger charge is 2.57. The van der Waals surface area contributed by atoms with E-state index in [4.69, 9.17) is 9.84 Å². The van der Waals surface area contributed by atoms with Gasteiger partial charge in [0.15, 0.2) is 0 Å². The normalized spacial score (nSPS) is 14.8. The Morgan fingerprint density at radius 2 is 1.51 bits per heavy atom. The second-order valence-electron chi connectivity index (χ2n) is 8.96. The molecule has 2 N–H and O–H groups in total. The van der Waals surface area contributed by atoms with Gasteiger partial charge in [-0.3, -0.25) is 9.78 Å². The van der Waals surface area contributed by atoms with Crippen molar-refractivity contribution in [3.63, 3.8) is 0 Å². The Bertz CT molecular complexity index is 1460. The molecule has 3 aromatic carbocycles. The third-order valence-electron chi connectivity index (χ3n) is 6.78. The van der Waals surface area contributed by atoms with Gasteiger partial charge in [-0.2, -0.15) is 5.10 Å². The molecule has 6 rings (SSSR count). The molecule has 1 spiro atoms. The van der Waals surface area contributed by atoms with Gasteiger partial charge in [0.25, 0.3) is 5.91 Å². The Hall–Kier alpha value is -4.65. The predicted molar refractivity (Wildman–Crippen MR) is 146 cm³/mol. The number of nitrogens with one attached hydrogen (secondary N) is 2. The molecule has 0 fully saturated rings. The van der Waals surface area contributed by atoms with Crippen molar-refractivity contribution in [2.45, 2.75) is 19.4 Å². The molecule has 0 saturated heterocycles. The van der Waals surface area contributed by atoms with Crippen molar-refractivity contribution in [1.29, 1.82) is 0 Å². The van der Waals surface area contributed by atoms with Gasteiger partial charge in [-0.15, -0.1) is 0 Å². The first-order valence-electron chi connectivity index (χ1n) is 12.5. The Balaban J connectivity index is 1.64. The second kappa shape index (κ2) is 9.09. The van der Waals surface area contributed by atoms with E-state index in [1.54, 1.807) is 17.4 Å². The van der Waals surface area contributed by atoms with Crippen molar-refractivity contribution in [2.24, 2.45) is 5.10 Å². The summed E-state index contributed by atoms with van der Waals surface area (Å²) < 4.78 is 6.52. The van der Waals surface area contributed by atoms with Crippen molar-refractivity contribution in [1.82, 2.24) is 9.99 Å². The minimum atomic E-state index is -1.00. The monoisotopic (exact) mass is 489 g/mol. The summed E-state index contributed by atoms with van der Waals surface area (Å²) in [5, 5.41) is 13.1. The van der Waals surface area contributed by atoms with Gasteiger partial charge in [-0.25, -0.2) is 5.01 Å². The lowest BCUT2D eigenvalue weighted by atomic mass is 9.75. The van der Waals surface area contributed by atoms with Crippen molar-refractivity contribution in [2.75, 3.05) is 23.7 Å². The molecule has 7 heteroatoms. The predicted octanol–water partition coefficient (Wildman–Crippen LogP) is 5.83. The van der Waals surface area contributed by atoms with E-state index in [0.29, 0.717) is 22.8 Å². The standard InChI is InChI=1S/C30H27N5O2/c1-3-31-20-12-14-25-27(17-20)37-28-18-21(32-4-2)13-15-26(28)30(25)24-11-6-5-10-23(24)29(36)35(30)34-19-22-9-7-8-16-33-22/h5-19,31-32H,3-4H2,1-2H3/b34-19+. The van der Waals surface area contributed by atoms with Gasteiger partial charge in [0.2, 0.25) is 0 Å². The third kappa shape index (κ3) is 3.54. The summed E-state index contributed by atoms with van der Waals surface area (Å²) in [7, 11) is 0. The Morgan fingerprint density at radius 3 is 2.14 bits per heavy atom. The number of hydrogen-bond donors (Lipinski definition) is 2. The first-order valence-corrected chi connectivity index (χ1v) is 12.5. The van der Waals surface area contributed by atoms with E-state index in [2.05, 4.69) is 29.5 Å². The van der Waals surface area contributed by atoms with Gasteiger partial charge in [-0.1, -0.05) is 36.4 Å². The molecule has 0 radical (unpaired) electrons. The summed E-state index contributed by atoms with van der Waals surface area (Å²) in [4.78, 5) is 18.3. The lowest BCUT2D eigenvalue weighted by molar-refractivity contribution is 0.0675. The molecule has 184 valence electrons. The van der Waals surface area contributed by atoms with Crippen LogP contribution in [0.3, 0.4) is 0 Å². The highest BCUT2D eigenvalue weighted by Crippen LogP contribution is 2.58. The van der Waals surface area contributed by atoms with Crippen LogP contribution in [0.25, 0.3) is 0 Å². The molecular weight excluding hydrogens is 462 g/mol. The van der Waals surface area contributed by atoms with Crippen LogP contribution in [-0.4, -0.2) is 35.2 Å². The topological polar surface area (TPSA) is 78.9 Å². The van der Waals surface area contributed by atoms with Crippen LogP contribution in [0.2, 0.25) is 0 Å². The number of anilines is 2. The van der Waals surface area contributed by atoms with E-state index in [-0.39, 0.29) is 5.91 Å². The molecule has 3 heterocycles. The fourth-order valence-corrected chi connectivity index (χ4v) is 5.30. The summed E-state index contributed by atoms with van der Waals surface area (Å²) >= 11 is 0. The first-order chi connectivity index (χ1) is 18.2. The van der Waals surface area contributed by atoms with Crippen molar-refractivity contribution < 1.29 is 9.53 Å². The van der Waals surface area contributed by atoms with Crippen LogP contribution in [0.15, 0.2) is 90.2 Å². The number of benzene rings is 3. The molecule has 4 aromatic rings. The maximum atomic E-state index is 14.0. The van der Waals surface area contributed by atoms with E-state index in [1.165, 1.54) is 0 Å². The number of carbonyl (C=O) groups is 1. The number of fused-ring (bicyclic) bond motifs is 6. The number of ether oxygens (including phenoxy) is 1. The quantitative estimate of drug-likeness (QED) is 0.333. The second-order valence-corrected chi connectivity index (χ2v) is 8.96. The van der Waals surface area contributed by atoms with Crippen LogP contribution in [0.4, 0.5) is 11.4 Å². The summed E-state index contributed by atoms with van der Waals surface area (Å²) in [6.07, 6.45) is 3.35. The summed E-state index contributed by atoms with van der Waals surface area (Å²) in [6, 6.07) is 25.5. The lowest BCUT2D eigenvalue weighted by Crippen LogP contribution is -2.44. The van der Waals surface area contributed by atoms with Gasteiger partial charge in [0, 0.05) is 65.0 Å². The highest BCUT2D eigenvalue weighted by atomic mass is 16.5. The Kier molecular flexibility index (Phi) is 5.60. The fraction of sp³-hybridized carbons (Fsp3) is 0.167. The van der Waals surface area contributed by atoms with Gasteiger partial charge in [0.1, 0.15) is 17.0 Å². The molecule has 0 aliphatic carbocycles. The zero-order valence-corrected chi connectivity index (χ0v) is 20.7. The van der Waals surface area contributed by atoms with Gasteiger partial charge >= 0.3 is 0 Å². The van der Waals surface area contributed by atoms with Gasteiger partial charge < -0.3 is 15.4 Å². The number of hydrazone groups is 1. The van der Waals surface area contributed by atoms with E-state index < -0.39 is 5.54 Å². The van der Waals surface area contributed by atoms with Crippen molar-refractivity contribution in [3.8, 4) is 11.5 Å². The molecule has 0 atom stereocenters. The zero-order valence-electron chi connectivity index (χ0n) is 20.7. The van der Waals surface area contributed by atoms with E-state index in [1.807, 2.05) is 78.9 Å². The fourth-order valence-electron chi connectivity index (χ4n) is 5.30. The summed E-state index contributed by atoms with van der Waals surface area (Å²) in [6.45, 7) is 5.68. The molecule has 1 amide bonds. The van der Waals surface area contributed by atoms with Crippen LogP contribution in [0.1, 0.15) is 46.6 Å². The average molecular weight is 490 g/mol. The maximum Gasteiger partial charge on any atom is 0.275 e. The molecule has 1 aromatic heterocycles. The number of carbonyl (C=O) groups excluding carboxylic acids is 1. The largest absolute Gasteiger partial charge is 0.456 e. The van der Waals surface area contributed by atoms with Crippen molar-refractivity contribution in [3.05, 3.63) is 113 Å². The molecule has 0 unspecified atom stereocenters. The van der Waals surface area contributed by atoms with Crippen LogP contribution in [-0.2, 0) is 5.54 Å². The van der Waals surface area contributed by atoms with Gasteiger partial charge in [0.05, 0.1) is 11.9 Å². The molecule has 37 heavy (non-hydrogen) atoms. The summed E-state index contributed by atoms with van der Waals surface area (Å²) in [5.41, 5.74) is 4.76. The number of pyridine rings is 1. The van der Waals surface area contributed by atoms with Gasteiger partial charge in [-0.05, 0) is 44.2 Å². The van der Waals surface area contributed by atoms with Crippen LogP contribution in [0.5, 0.6) is 11.5 Å². The number of nitrogens with zero attached hydrogens (tertiary/aromatic N) is 3. The minimum Gasteiger partial charge on any atom is -0.456 e. The first kappa shape index (κ1) is 22.8. The third-order valence-corrected chi connectivity index (χ3v) is 6.78. The number of aromatic nitrogens is 1. The van der Waals surface area contributed by atoms with Crippen molar-refractivity contribution >= 4 is 23.5 Å². The van der Waals surface area contributed by atoms with E-state index in [9.17, 15) is 4.79 Å². The smallest absolute Gasteiger partial charge is 0.275 e. The Morgan fingerprint density at radius 1 is 0.865 bits per heavy atom. The highest BCUT2D eigenvalue weighted by molar-refractivity contribution is 6.02.